The summed E-state index contributed by atoms with van der Waals surface area (Å²) >= 11 is 0. The number of ether oxygens (including phenoxy) is 5. The smallest absolute Gasteiger partial charge is 0.407 e. The van der Waals surface area contributed by atoms with Gasteiger partial charge in [0, 0.05) is 13.2 Å². The maximum Gasteiger partial charge on any atom is 0.407 e. The van der Waals surface area contributed by atoms with Gasteiger partial charge in [0.25, 0.3) is 5.69 Å². The molecular weight excluding hydrogens is 522 g/mol. The fraction of sp³-hybridized carbons (Fsp3) is 0.708. The van der Waals surface area contributed by atoms with E-state index in [9.17, 15) is 35.3 Å². The van der Waals surface area contributed by atoms with Crippen molar-refractivity contribution in [1.29, 1.82) is 0 Å². The highest BCUT2D eigenvalue weighted by Gasteiger charge is 2.43. The van der Waals surface area contributed by atoms with E-state index in [1.165, 1.54) is 26.2 Å². The minimum absolute atomic E-state index is 0.143. The summed E-state index contributed by atoms with van der Waals surface area (Å²) < 4.78 is 26.8. The molecule has 1 saturated heterocycles. The third kappa shape index (κ3) is 9.42. The lowest BCUT2D eigenvalue weighted by Gasteiger charge is -2.39. The number of carbonyl (C=O) groups is 1. The van der Waals surface area contributed by atoms with E-state index in [1.54, 1.807) is 0 Å². The van der Waals surface area contributed by atoms with Crippen molar-refractivity contribution < 1.29 is 53.8 Å². The Kier molecular flexibility index (Phi) is 13.6. The second-order valence-electron chi connectivity index (χ2n) is 8.91. The van der Waals surface area contributed by atoms with Crippen molar-refractivity contribution in [3.63, 3.8) is 0 Å². The number of nitro benzene ring substituents is 1. The zero-order valence-electron chi connectivity index (χ0n) is 22.1. The lowest BCUT2D eigenvalue weighted by molar-refractivity contribution is -0.386. The third-order valence-electron chi connectivity index (χ3n) is 6.06. The average molecular weight is 562 g/mol. The lowest BCUT2D eigenvalue weighted by Crippen LogP contribution is -2.59. The van der Waals surface area contributed by atoms with Crippen molar-refractivity contribution >= 4 is 11.8 Å². The second kappa shape index (κ2) is 16.3. The van der Waals surface area contributed by atoms with Gasteiger partial charge < -0.3 is 55.2 Å². The average Bonchev–Trinajstić information content (AvgIpc) is 2.91. The normalized spacial score (nSPS) is 23.6. The van der Waals surface area contributed by atoms with Crippen LogP contribution in [0, 0.1) is 10.1 Å². The molecule has 6 atom stereocenters. The summed E-state index contributed by atoms with van der Waals surface area (Å²) in [6.07, 6.45) is -6.07. The lowest BCUT2D eigenvalue weighted by atomic mass is 9.99. The summed E-state index contributed by atoms with van der Waals surface area (Å²) in [5, 5.41) is 52.9. The first-order chi connectivity index (χ1) is 18.6. The molecule has 0 bridgehead atoms. The molecule has 39 heavy (non-hydrogen) atoms. The van der Waals surface area contributed by atoms with Crippen LogP contribution in [0.1, 0.15) is 44.3 Å². The molecule has 0 aromatic heterocycles. The van der Waals surface area contributed by atoms with Crippen molar-refractivity contribution in [2.24, 2.45) is 5.73 Å². The molecule has 0 saturated carbocycles. The molecular formula is C24H39N3O12. The number of rotatable bonds is 16. The number of nitro groups is 1. The van der Waals surface area contributed by atoms with Crippen LogP contribution in [-0.4, -0.2) is 102 Å². The first-order valence-electron chi connectivity index (χ1n) is 12.7. The highest BCUT2D eigenvalue weighted by molar-refractivity contribution is 5.68. The summed E-state index contributed by atoms with van der Waals surface area (Å²) in [5.74, 6) is 0.447. The minimum Gasteiger partial charge on any atom is -0.493 e. The standard InChI is InChI=1S/C24H39N3O12/c1-14(15-11-18(36-10-6-7-25)17(35-2)12-16(15)27(33)34)38-24(32)26-8-4-3-5-9-37-23-22(31)21(30)20(29)19(13-28)39-23/h11-12,14,19-23,28-31H,3-10,13,25H2,1-2H3,(H,26,32). The van der Waals surface area contributed by atoms with Gasteiger partial charge in [0.2, 0.25) is 0 Å². The van der Waals surface area contributed by atoms with Crippen LogP contribution < -0.4 is 20.5 Å². The Labute approximate surface area is 225 Å². The number of hydrogen-bond donors (Lipinski definition) is 6. The van der Waals surface area contributed by atoms with Gasteiger partial charge in [0.15, 0.2) is 17.8 Å². The van der Waals surface area contributed by atoms with Crippen molar-refractivity contribution in [3.8, 4) is 11.5 Å². The predicted molar refractivity (Wildman–Crippen MR) is 135 cm³/mol. The molecule has 6 unspecified atom stereocenters. The largest absolute Gasteiger partial charge is 0.493 e. The zero-order chi connectivity index (χ0) is 28.9. The zero-order valence-corrected chi connectivity index (χ0v) is 22.1. The molecule has 1 amide bonds. The molecule has 0 aliphatic carbocycles. The van der Waals surface area contributed by atoms with Crippen LogP contribution in [-0.2, 0) is 14.2 Å². The molecule has 15 nitrogen and oxygen atoms in total. The van der Waals surface area contributed by atoms with Gasteiger partial charge in [-0.1, -0.05) is 0 Å². The third-order valence-corrected chi connectivity index (χ3v) is 6.06. The molecule has 0 radical (unpaired) electrons. The Morgan fingerprint density at radius 1 is 1.13 bits per heavy atom. The Morgan fingerprint density at radius 3 is 2.51 bits per heavy atom. The first kappa shape index (κ1) is 32.4. The summed E-state index contributed by atoms with van der Waals surface area (Å²) in [7, 11) is 1.36. The monoisotopic (exact) mass is 561 g/mol. The number of amides is 1. The Hall–Kier alpha value is -2.79. The topological polar surface area (TPSA) is 225 Å². The van der Waals surface area contributed by atoms with Crippen LogP contribution in [0.4, 0.5) is 10.5 Å². The maximum absolute atomic E-state index is 12.3. The molecule has 1 heterocycles. The van der Waals surface area contributed by atoms with Gasteiger partial charge in [-0.05, 0) is 45.2 Å². The van der Waals surface area contributed by atoms with Gasteiger partial charge in [-0.3, -0.25) is 10.1 Å². The number of benzene rings is 1. The second-order valence-corrected chi connectivity index (χ2v) is 8.91. The number of nitrogens with one attached hydrogen (secondary N) is 1. The van der Waals surface area contributed by atoms with E-state index in [1.807, 2.05) is 0 Å². The summed E-state index contributed by atoms with van der Waals surface area (Å²) in [6, 6.07) is 2.64. The van der Waals surface area contributed by atoms with Crippen molar-refractivity contribution in [1.82, 2.24) is 5.32 Å². The number of hydrogen-bond acceptors (Lipinski definition) is 13. The van der Waals surface area contributed by atoms with E-state index in [0.717, 1.165) is 0 Å². The van der Waals surface area contributed by atoms with Crippen molar-refractivity contribution in [2.45, 2.75) is 69.4 Å². The molecule has 1 aromatic carbocycles. The van der Waals surface area contributed by atoms with Gasteiger partial charge >= 0.3 is 6.09 Å². The van der Waals surface area contributed by atoms with Gasteiger partial charge in [-0.15, -0.1) is 0 Å². The molecule has 7 N–H and O–H groups in total. The van der Waals surface area contributed by atoms with E-state index in [-0.39, 0.29) is 42.5 Å². The molecule has 0 spiro atoms. The minimum atomic E-state index is -1.51. The molecule has 1 fully saturated rings. The van der Waals surface area contributed by atoms with Crippen LogP contribution in [0.5, 0.6) is 11.5 Å². The van der Waals surface area contributed by atoms with Crippen LogP contribution in [0.25, 0.3) is 0 Å². The number of nitrogens with zero attached hydrogens (tertiary/aromatic N) is 1. The van der Waals surface area contributed by atoms with Crippen molar-refractivity contribution in [3.05, 3.63) is 27.8 Å². The molecule has 1 aliphatic heterocycles. The van der Waals surface area contributed by atoms with Gasteiger partial charge in [0.1, 0.15) is 30.5 Å². The van der Waals surface area contributed by atoms with E-state index >= 15 is 0 Å². The Morgan fingerprint density at radius 2 is 1.87 bits per heavy atom. The molecule has 2 rings (SSSR count). The highest BCUT2D eigenvalue weighted by atomic mass is 16.7. The number of nitrogens with two attached hydrogens (primary N) is 1. The first-order valence-corrected chi connectivity index (χ1v) is 12.7. The number of carbonyl (C=O) groups excluding carboxylic acids is 1. The van der Waals surface area contributed by atoms with Crippen LogP contribution in [0.3, 0.4) is 0 Å². The van der Waals surface area contributed by atoms with E-state index in [4.69, 9.17) is 29.4 Å². The molecule has 222 valence electrons. The molecule has 1 aromatic rings. The molecule has 1 aliphatic rings. The highest BCUT2D eigenvalue weighted by Crippen LogP contribution is 2.38. The predicted octanol–water partition coefficient (Wildman–Crippen LogP) is 0.105. The Bertz CT molecular complexity index is 919. The van der Waals surface area contributed by atoms with Crippen LogP contribution in [0.2, 0.25) is 0 Å². The maximum atomic E-state index is 12.3. The fourth-order valence-corrected chi connectivity index (χ4v) is 3.85. The van der Waals surface area contributed by atoms with E-state index in [0.29, 0.717) is 32.2 Å². The van der Waals surface area contributed by atoms with Crippen molar-refractivity contribution in [2.75, 3.05) is 40.0 Å². The number of aliphatic hydroxyl groups is 4. The number of methoxy groups -OCH3 is 1. The van der Waals surface area contributed by atoms with E-state index < -0.39 is 54.4 Å². The van der Waals surface area contributed by atoms with Crippen LogP contribution in [0.15, 0.2) is 12.1 Å². The summed E-state index contributed by atoms with van der Waals surface area (Å²) in [5.41, 5.74) is 5.34. The van der Waals surface area contributed by atoms with Gasteiger partial charge in [-0.25, -0.2) is 4.79 Å². The number of aliphatic hydroxyl groups excluding tert-OH is 4. The SMILES string of the molecule is COc1cc([N+](=O)[O-])c(C(C)OC(=O)NCCCCCOC2OC(CO)C(O)C(O)C2O)cc1OCCCN. The van der Waals surface area contributed by atoms with Gasteiger partial charge in [-0.2, -0.15) is 0 Å². The molecule has 15 heteroatoms. The Balaban J connectivity index is 1.78. The van der Waals surface area contributed by atoms with Gasteiger partial charge in [0.05, 0.1) is 36.9 Å². The summed E-state index contributed by atoms with van der Waals surface area (Å²) in [6.45, 7) is 2.10. The summed E-state index contributed by atoms with van der Waals surface area (Å²) in [4.78, 5) is 23.3. The quantitative estimate of drug-likeness (QED) is 0.0896. The van der Waals surface area contributed by atoms with Crippen LogP contribution >= 0.6 is 0 Å². The number of unbranched alkanes of at least 4 members (excludes halogenated alkanes) is 2. The fourth-order valence-electron chi connectivity index (χ4n) is 3.85. The van der Waals surface area contributed by atoms with E-state index in [2.05, 4.69) is 5.32 Å². The number of alkyl carbamates (subject to hydrolysis) is 1.